The second-order valence-corrected chi connectivity index (χ2v) is 5.07. The lowest BCUT2D eigenvalue weighted by molar-refractivity contribution is 0.199. The van der Waals surface area contributed by atoms with Crippen LogP contribution in [0.5, 0.6) is 5.75 Å². The van der Waals surface area contributed by atoms with E-state index in [-0.39, 0.29) is 17.7 Å². The SMILES string of the molecule is Cc1ccc(C(C)C)c(O)c1N(C(=O)O)C(C)C. The number of aryl methyl sites for hydroxylation is 1. The molecule has 0 fully saturated rings. The lowest BCUT2D eigenvalue weighted by Crippen LogP contribution is -2.36. The van der Waals surface area contributed by atoms with E-state index in [2.05, 4.69) is 0 Å². The van der Waals surface area contributed by atoms with Gasteiger partial charge in [-0.15, -0.1) is 0 Å². The molecule has 0 saturated carbocycles. The molecule has 0 heterocycles. The van der Waals surface area contributed by atoms with Gasteiger partial charge in [0.25, 0.3) is 0 Å². The predicted molar refractivity (Wildman–Crippen MR) is 72.6 cm³/mol. The third kappa shape index (κ3) is 2.58. The van der Waals surface area contributed by atoms with Crippen LogP contribution in [0, 0.1) is 6.92 Å². The van der Waals surface area contributed by atoms with Crippen LogP contribution in [0.25, 0.3) is 0 Å². The summed E-state index contributed by atoms with van der Waals surface area (Å²) >= 11 is 0. The summed E-state index contributed by atoms with van der Waals surface area (Å²) in [6, 6.07) is 3.47. The van der Waals surface area contributed by atoms with Gasteiger partial charge in [0.05, 0.1) is 5.69 Å². The van der Waals surface area contributed by atoms with E-state index in [9.17, 15) is 15.0 Å². The maximum atomic E-state index is 11.3. The quantitative estimate of drug-likeness (QED) is 0.860. The highest BCUT2D eigenvalue weighted by atomic mass is 16.4. The molecule has 0 spiro atoms. The van der Waals surface area contributed by atoms with E-state index >= 15 is 0 Å². The van der Waals surface area contributed by atoms with E-state index < -0.39 is 6.09 Å². The summed E-state index contributed by atoms with van der Waals surface area (Å²) in [5.74, 6) is 0.216. The Labute approximate surface area is 108 Å². The van der Waals surface area contributed by atoms with Gasteiger partial charge in [0.15, 0.2) is 0 Å². The molecule has 1 rings (SSSR count). The van der Waals surface area contributed by atoms with Crippen LogP contribution in [0.15, 0.2) is 12.1 Å². The average molecular weight is 251 g/mol. The number of phenolic OH excluding ortho intramolecular Hbond substituents is 1. The van der Waals surface area contributed by atoms with Crippen molar-refractivity contribution >= 4 is 11.8 Å². The van der Waals surface area contributed by atoms with Crippen molar-refractivity contribution in [2.24, 2.45) is 0 Å². The molecule has 100 valence electrons. The second-order valence-electron chi connectivity index (χ2n) is 5.07. The summed E-state index contributed by atoms with van der Waals surface area (Å²) < 4.78 is 0. The summed E-state index contributed by atoms with van der Waals surface area (Å²) in [6.45, 7) is 9.31. The van der Waals surface area contributed by atoms with Crippen molar-refractivity contribution in [2.75, 3.05) is 4.90 Å². The number of carboxylic acid groups (broad SMARTS) is 1. The standard InChI is InChI=1S/C14H21NO3/c1-8(2)11-7-6-10(5)12(13(11)16)15(9(3)4)14(17)18/h6-9,16H,1-5H3,(H,17,18). The van der Waals surface area contributed by atoms with Crippen LogP contribution in [0.2, 0.25) is 0 Å². The molecular weight excluding hydrogens is 230 g/mol. The van der Waals surface area contributed by atoms with Gasteiger partial charge in [-0.3, -0.25) is 4.90 Å². The number of nitrogens with zero attached hydrogens (tertiary/aromatic N) is 1. The second kappa shape index (κ2) is 5.29. The fourth-order valence-corrected chi connectivity index (χ4v) is 2.04. The molecule has 1 aromatic rings. The molecule has 0 saturated heterocycles. The molecule has 0 unspecified atom stereocenters. The Morgan fingerprint density at radius 2 is 1.78 bits per heavy atom. The van der Waals surface area contributed by atoms with Crippen LogP contribution in [0.3, 0.4) is 0 Å². The van der Waals surface area contributed by atoms with Gasteiger partial charge >= 0.3 is 6.09 Å². The van der Waals surface area contributed by atoms with Gasteiger partial charge in [-0.2, -0.15) is 0 Å². The number of phenols is 1. The third-order valence-corrected chi connectivity index (χ3v) is 2.97. The number of hydrogen-bond donors (Lipinski definition) is 2. The molecule has 0 aliphatic carbocycles. The highest BCUT2D eigenvalue weighted by Gasteiger charge is 2.25. The van der Waals surface area contributed by atoms with E-state index in [0.29, 0.717) is 5.69 Å². The third-order valence-electron chi connectivity index (χ3n) is 2.97. The van der Waals surface area contributed by atoms with Gasteiger partial charge in [-0.1, -0.05) is 26.0 Å². The van der Waals surface area contributed by atoms with Gasteiger partial charge in [-0.25, -0.2) is 4.79 Å². The number of amides is 1. The van der Waals surface area contributed by atoms with Crippen LogP contribution >= 0.6 is 0 Å². The van der Waals surface area contributed by atoms with Crippen molar-refractivity contribution in [2.45, 2.75) is 46.6 Å². The summed E-state index contributed by atoms with van der Waals surface area (Å²) in [6.07, 6.45) is -1.05. The van der Waals surface area contributed by atoms with Gasteiger partial charge in [0.2, 0.25) is 0 Å². The molecule has 1 amide bonds. The highest BCUT2D eigenvalue weighted by molar-refractivity contribution is 5.90. The average Bonchev–Trinajstić information content (AvgIpc) is 2.21. The van der Waals surface area contributed by atoms with Crippen LogP contribution in [0.4, 0.5) is 10.5 Å². The Morgan fingerprint density at radius 3 is 2.17 bits per heavy atom. The number of anilines is 1. The fourth-order valence-electron chi connectivity index (χ4n) is 2.04. The zero-order valence-corrected chi connectivity index (χ0v) is 11.6. The summed E-state index contributed by atoms with van der Waals surface area (Å²) in [5, 5.41) is 19.6. The molecule has 0 aliphatic rings. The van der Waals surface area contributed by atoms with Gasteiger partial charge in [0.1, 0.15) is 5.75 Å². The van der Waals surface area contributed by atoms with Crippen molar-refractivity contribution in [1.29, 1.82) is 0 Å². The molecule has 2 N–H and O–H groups in total. The first-order chi connectivity index (χ1) is 8.27. The summed E-state index contributed by atoms with van der Waals surface area (Å²) in [4.78, 5) is 12.5. The molecule has 18 heavy (non-hydrogen) atoms. The minimum atomic E-state index is -1.05. The summed E-state index contributed by atoms with van der Waals surface area (Å²) in [7, 11) is 0. The molecule has 4 nitrogen and oxygen atoms in total. The Balaban J connectivity index is 3.46. The molecule has 0 aliphatic heterocycles. The van der Waals surface area contributed by atoms with Gasteiger partial charge in [0, 0.05) is 6.04 Å². The van der Waals surface area contributed by atoms with Crippen LogP contribution in [-0.2, 0) is 0 Å². The number of rotatable bonds is 3. The van der Waals surface area contributed by atoms with Gasteiger partial charge < -0.3 is 10.2 Å². The predicted octanol–water partition coefficient (Wildman–Crippen LogP) is 3.72. The van der Waals surface area contributed by atoms with E-state index in [4.69, 9.17) is 0 Å². The normalized spacial score (nSPS) is 11.1. The van der Waals surface area contributed by atoms with Crippen molar-refractivity contribution in [1.82, 2.24) is 0 Å². The fraction of sp³-hybridized carbons (Fsp3) is 0.500. The minimum absolute atomic E-state index is 0.0705. The highest BCUT2D eigenvalue weighted by Crippen LogP contribution is 2.38. The van der Waals surface area contributed by atoms with E-state index in [0.717, 1.165) is 11.1 Å². The van der Waals surface area contributed by atoms with Crippen LogP contribution in [-0.4, -0.2) is 22.3 Å². The first-order valence-corrected chi connectivity index (χ1v) is 6.12. The van der Waals surface area contributed by atoms with Gasteiger partial charge in [-0.05, 0) is 37.8 Å². The largest absolute Gasteiger partial charge is 0.505 e. The smallest absolute Gasteiger partial charge is 0.412 e. The monoisotopic (exact) mass is 251 g/mol. The van der Waals surface area contributed by atoms with Crippen molar-refractivity contribution in [3.63, 3.8) is 0 Å². The molecule has 4 heteroatoms. The number of carbonyl (C=O) groups is 1. The number of aromatic hydroxyl groups is 1. The maximum absolute atomic E-state index is 11.3. The maximum Gasteiger partial charge on any atom is 0.412 e. The summed E-state index contributed by atoms with van der Waals surface area (Å²) in [5.41, 5.74) is 1.92. The van der Waals surface area contributed by atoms with Crippen LogP contribution in [0.1, 0.15) is 44.7 Å². The molecule has 0 aromatic heterocycles. The number of benzene rings is 1. The van der Waals surface area contributed by atoms with Crippen molar-refractivity contribution in [3.8, 4) is 5.75 Å². The Hall–Kier alpha value is -1.71. The lowest BCUT2D eigenvalue weighted by atomic mass is 9.98. The topological polar surface area (TPSA) is 60.8 Å². The molecule has 1 aromatic carbocycles. The molecular formula is C14H21NO3. The Bertz CT molecular complexity index is 453. The number of hydrogen-bond acceptors (Lipinski definition) is 2. The minimum Gasteiger partial charge on any atom is -0.505 e. The van der Waals surface area contributed by atoms with Crippen LogP contribution < -0.4 is 4.90 Å². The Kier molecular flexibility index (Phi) is 4.22. The van der Waals surface area contributed by atoms with Crippen molar-refractivity contribution < 1.29 is 15.0 Å². The zero-order chi connectivity index (χ0) is 14.0. The molecule has 0 atom stereocenters. The van der Waals surface area contributed by atoms with E-state index in [1.54, 1.807) is 20.8 Å². The molecule has 0 radical (unpaired) electrons. The zero-order valence-electron chi connectivity index (χ0n) is 11.6. The lowest BCUT2D eigenvalue weighted by Gasteiger charge is -2.27. The van der Waals surface area contributed by atoms with Crippen molar-refractivity contribution in [3.05, 3.63) is 23.3 Å². The first-order valence-electron chi connectivity index (χ1n) is 6.12. The molecule has 0 bridgehead atoms. The Morgan fingerprint density at radius 1 is 1.22 bits per heavy atom. The van der Waals surface area contributed by atoms with E-state index in [1.165, 1.54) is 4.90 Å². The first kappa shape index (κ1) is 14.4. The van der Waals surface area contributed by atoms with E-state index in [1.807, 2.05) is 26.0 Å².